The van der Waals surface area contributed by atoms with E-state index < -0.39 is 0 Å². The van der Waals surface area contributed by atoms with Gasteiger partial charge in [0.2, 0.25) is 0 Å². The van der Waals surface area contributed by atoms with Crippen molar-refractivity contribution in [1.82, 2.24) is 0 Å². The molecule has 0 amide bonds. The van der Waals surface area contributed by atoms with Crippen LogP contribution in [0.25, 0.3) is 0 Å². The van der Waals surface area contributed by atoms with Crippen molar-refractivity contribution in [3.05, 3.63) is 12.2 Å². The summed E-state index contributed by atoms with van der Waals surface area (Å²) in [6.07, 6.45) is 9.01. The van der Waals surface area contributed by atoms with Crippen LogP contribution in [0.3, 0.4) is 0 Å². The smallest absolute Gasteiger partial charge is 0.0573 e. The van der Waals surface area contributed by atoms with Crippen molar-refractivity contribution >= 4 is 0 Å². The molecule has 0 aliphatic heterocycles. The van der Waals surface area contributed by atoms with E-state index >= 15 is 0 Å². The fourth-order valence-corrected chi connectivity index (χ4v) is 2.75. The molecule has 0 saturated carbocycles. The normalized spacial score (nSPS) is 39.6. The maximum absolute atomic E-state index is 10.3. The summed E-state index contributed by atoms with van der Waals surface area (Å²) in [7, 11) is 0. The lowest BCUT2D eigenvalue weighted by molar-refractivity contribution is 0.0533. The summed E-state index contributed by atoms with van der Waals surface area (Å²) in [6.45, 7) is 9.01. The third-order valence-electron chi connectivity index (χ3n) is 3.95. The molecule has 0 aromatic rings. The van der Waals surface area contributed by atoms with Crippen LogP contribution in [0.15, 0.2) is 12.2 Å². The molecule has 0 aromatic carbocycles. The van der Waals surface area contributed by atoms with Gasteiger partial charge < -0.3 is 5.11 Å². The molecule has 0 heterocycles. The minimum absolute atomic E-state index is 0.103. The first kappa shape index (κ1) is 13.8. The molecule has 1 aliphatic rings. The van der Waals surface area contributed by atoms with Crippen LogP contribution in [-0.4, -0.2) is 11.2 Å². The zero-order chi connectivity index (χ0) is 12.1. The van der Waals surface area contributed by atoms with Crippen molar-refractivity contribution in [1.29, 1.82) is 0 Å². The Hall–Kier alpha value is -0.300. The molecule has 0 spiro atoms. The lowest BCUT2D eigenvalue weighted by Crippen LogP contribution is -2.28. The summed E-state index contributed by atoms with van der Waals surface area (Å²) in [5.74, 6) is 2.35. The van der Waals surface area contributed by atoms with E-state index in [0.717, 1.165) is 19.3 Å². The number of allylic oxidation sites excluding steroid dienone is 2. The van der Waals surface area contributed by atoms with E-state index in [0.29, 0.717) is 23.7 Å². The van der Waals surface area contributed by atoms with Gasteiger partial charge >= 0.3 is 0 Å². The van der Waals surface area contributed by atoms with E-state index in [-0.39, 0.29) is 6.10 Å². The van der Waals surface area contributed by atoms with Crippen LogP contribution in [0.1, 0.15) is 53.4 Å². The highest BCUT2D eigenvalue weighted by Gasteiger charge is 2.24. The number of rotatable bonds is 1. The van der Waals surface area contributed by atoms with Crippen molar-refractivity contribution in [3.8, 4) is 0 Å². The Kier molecular flexibility index (Phi) is 5.54. The number of hydrogen-bond acceptors (Lipinski definition) is 1. The second kappa shape index (κ2) is 6.44. The van der Waals surface area contributed by atoms with Crippen molar-refractivity contribution in [3.63, 3.8) is 0 Å². The predicted octanol–water partition coefficient (Wildman–Crippen LogP) is 4.02. The summed E-state index contributed by atoms with van der Waals surface area (Å²) in [5, 5.41) is 10.3. The number of aliphatic hydroxyl groups is 1. The summed E-state index contributed by atoms with van der Waals surface area (Å²) >= 11 is 0. The number of aliphatic hydroxyl groups excluding tert-OH is 1. The second-order valence-electron chi connectivity index (χ2n) is 6.03. The molecular weight excluding hydrogens is 196 g/mol. The minimum Gasteiger partial charge on any atom is -0.393 e. The average molecular weight is 224 g/mol. The Morgan fingerprint density at radius 2 is 1.88 bits per heavy atom. The van der Waals surface area contributed by atoms with Gasteiger partial charge in [-0.05, 0) is 49.4 Å². The van der Waals surface area contributed by atoms with E-state index in [1.807, 2.05) is 0 Å². The van der Waals surface area contributed by atoms with E-state index in [4.69, 9.17) is 0 Å². The molecule has 16 heavy (non-hydrogen) atoms. The second-order valence-corrected chi connectivity index (χ2v) is 6.03. The molecule has 1 N–H and O–H groups in total. The first-order valence-electron chi connectivity index (χ1n) is 6.85. The fourth-order valence-electron chi connectivity index (χ4n) is 2.75. The Balaban J connectivity index is 2.69. The fraction of sp³-hybridized carbons (Fsp3) is 0.867. The summed E-state index contributed by atoms with van der Waals surface area (Å²) in [5.41, 5.74) is 0. The van der Waals surface area contributed by atoms with Crippen molar-refractivity contribution < 1.29 is 5.11 Å². The van der Waals surface area contributed by atoms with Gasteiger partial charge in [0.15, 0.2) is 0 Å². The van der Waals surface area contributed by atoms with Gasteiger partial charge in [0.25, 0.3) is 0 Å². The highest BCUT2D eigenvalue weighted by molar-refractivity contribution is 4.90. The van der Waals surface area contributed by atoms with Gasteiger partial charge in [0, 0.05) is 0 Å². The summed E-state index contributed by atoms with van der Waals surface area (Å²) in [4.78, 5) is 0. The third-order valence-corrected chi connectivity index (χ3v) is 3.95. The van der Waals surface area contributed by atoms with Crippen LogP contribution in [-0.2, 0) is 0 Å². The first-order chi connectivity index (χ1) is 7.50. The molecule has 1 rings (SSSR count). The van der Waals surface area contributed by atoms with E-state index in [1.165, 1.54) is 6.42 Å². The van der Waals surface area contributed by atoms with Crippen LogP contribution < -0.4 is 0 Å². The largest absolute Gasteiger partial charge is 0.393 e. The molecule has 0 fully saturated rings. The Bertz CT molecular complexity index is 219. The van der Waals surface area contributed by atoms with Crippen LogP contribution in [0.2, 0.25) is 0 Å². The van der Waals surface area contributed by atoms with E-state index in [9.17, 15) is 5.11 Å². The monoisotopic (exact) mass is 224 g/mol. The lowest BCUT2D eigenvalue weighted by atomic mass is 9.80. The zero-order valence-corrected chi connectivity index (χ0v) is 11.3. The molecule has 0 radical (unpaired) electrons. The first-order valence-corrected chi connectivity index (χ1v) is 6.85. The van der Waals surface area contributed by atoms with Crippen molar-refractivity contribution in [2.45, 2.75) is 59.5 Å². The maximum atomic E-state index is 10.3. The van der Waals surface area contributed by atoms with E-state index in [2.05, 4.69) is 39.8 Å². The van der Waals surface area contributed by atoms with Crippen LogP contribution >= 0.6 is 0 Å². The van der Waals surface area contributed by atoms with Gasteiger partial charge in [-0.3, -0.25) is 0 Å². The molecule has 0 bridgehead atoms. The Labute approximate surface area is 101 Å². The standard InChI is InChI=1S/C15H28O/c1-11(2)14-9-8-12(3)6-5-7-13(4)10-15(14)16/h5-6,11-16H,7-10H2,1-4H3/b6-5-/t12-,13-,14-,15?/m0/s1. The van der Waals surface area contributed by atoms with Crippen molar-refractivity contribution in [2.24, 2.45) is 23.7 Å². The van der Waals surface area contributed by atoms with Gasteiger partial charge in [-0.2, -0.15) is 0 Å². The molecular formula is C15H28O. The molecule has 4 atom stereocenters. The van der Waals surface area contributed by atoms with Gasteiger partial charge in [-0.1, -0.05) is 39.8 Å². The van der Waals surface area contributed by atoms with Gasteiger partial charge in [-0.25, -0.2) is 0 Å². The Morgan fingerprint density at radius 1 is 1.19 bits per heavy atom. The number of hydrogen-bond donors (Lipinski definition) is 1. The summed E-state index contributed by atoms with van der Waals surface area (Å²) < 4.78 is 0. The maximum Gasteiger partial charge on any atom is 0.0573 e. The molecule has 1 nitrogen and oxygen atoms in total. The van der Waals surface area contributed by atoms with E-state index in [1.54, 1.807) is 0 Å². The predicted molar refractivity (Wildman–Crippen MR) is 70.3 cm³/mol. The van der Waals surface area contributed by atoms with Crippen molar-refractivity contribution in [2.75, 3.05) is 0 Å². The van der Waals surface area contributed by atoms with Gasteiger partial charge in [-0.15, -0.1) is 0 Å². The molecule has 1 unspecified atom stereocenters. The van der Waals surface area contributed by atoms with Gasteiger partial charge in [0.1, 0.15) is 0 Å². The third kappa shape index (κ3) is 4.29. The van der Waals surface area contributed by atoms with Gasteiger partial charge in [0.05, 0.1) is 6.10 Å². The summed E-state index contributed by atoms with van der Waals surface area (Å²) in [6, 6.07) is 0. The molecule has 1 aliphatic carbocycles. The average Bonchev–Trinajstić information content (AvgIpc) is 2.16. The molecule has 1 heteroatoms. The minimum atomic E-state index is -0.103. The Morgan fingerprint density at radius 3 is 2.50 bits per heavy atom. The zero-order valence-electron chi connectivity index (χ0n) is 11.3. The highest BCUT2D eigenvalue weighted by atomic mass is 16.3. The SMILES string of the molecule is CC(C)[C@@H]1CC[C@@H](C)/C=C\C[C@H](C)CC1O. The molecule has 94 valence electrons. The lowest BCUT2D eigenvalue weighted by Gasteiger charge is -2.29. The molecule has 0 aromatic heterocycles. The highest BCUT2D eigenvalue weighted by Crippen LogP contribution is 2.29. The van der Waals surface area contributed by atoms with Crippen LogP contribution in [0.5, 0.6) is 0 Å². The molecule has 0 saturated heterocycles. The van der Waals surface area contributed by atoms with Crippen LogP contribution in [0.4, 0.5) is 0 Å². The quantitative estimate of drug-likeness (QED) is 0.667. The topological polar surface area (TPSA) is 20.2 Å². The van der Waals surface area contributed by atoms with Crippen LogP contribution in [0, 0.1) is 23.7 Å².